The van der Waals surface area contributed by atoms with E-state index < -0.39 is 11.0 Å². The van der Waals surface area contributed by atoms with E-state index in [-0.39, 0.29) is 18.6 Å². The maximum Gasteiger partial charge on any atom is 0.319 e. The maximum atomic E-state index is 13.0. The monoisotopic (exact) mass is 353 g/mol. The number of aromatic nitrogens is 1. The lowest BCUT2D eigenvalue weighted by molar-refractivity contribution is -0.167. The predicted octanol–water partition coefficient (Wildman–Crippen LogP) is 4.11. The molecule has 4 nitrogen and oxygen atoms in total. The molecule has 1 aliphatic rings. The lowest BCUT2D eigenvalue weighted by atomic mass is 9.73. The first-order valence-corrected chi connectivity index (χ1v) is 9.02. The third-order valence-corrected chi connectivity index (χ3v) is 5.46. The smallest absolute Gasteiger partial charge is 0.319 e. The predicted molar refractivity (Wildman–Crippen MR) is 102 cm³/mol. The molecule has 1 heterocycles. The largest absolute Gasteiger partial charge is 0.460 e. The highest BCUT2D eigenvalue weighted by Gasteiger charge is 2.53. The van der Waals surface area contributed by atoms with Gasteiger partial charge >= 0.3 is 5.97 Å². The lowest BCUT2D eigenvalue weighted by Gasteiger charge is -2.37. The summed E-state index contributed by atoms with van der Waals surface area (Å²) < 4.78 is 7.81. The van der Waals surface area contributed by atoms with Crippen molar-refractivity contribution < 1.29 is 14.6 Å². The number of hydrogen-bond acceptors (Lipinski definition) is 3. The molecule has 3 rings (SSSR count). The molecule has 0 spiro atoms. The Hall–Kier alpha value is -2.33. The van der Waals surface area contributed by atoms with Gasteiger partial charge in [-0.3, -0.25) is 4.79 Å². The standard InChI is InChI=1S/C22H27NO3/c1-16-10-11-17(2)23(16)19-12-13-22(14-19,21(3,4)25)20(24)26-15-18-8-6-5-7-9-18/h5-13,19,25H,14-15H2,1-4H3/t19-,22-/m1/s1. The van der Waals surface area contributed by atoms with Crippen molar-refractivity contribution in [1.82, 2.24) is 4.57 Å². The number of ether oxygens (including phenoxy) is 1. The molecular weight excluding hydrogens is 326 g/mol. The van der Waals surface area contributed by atoms with E-state index in [1.54, 1.807) is 13.8 Å². The molecule has 1 N–H and O–H groups in total. The van der Waals surface area contributed by atoms with Crippen molar-refractivity contribution in [2.24, 2.45) is 5.41 Å². The average Bonchev–Trinajstić information content (AvgIpc) is 3.17. The molecule has 138 valence electrons. The highest BCUT2D eigenvalue weighted by molar-refractivity contribution is 5.81. The molecule has 26 heavy (non-hydrogen) atoms. The number of hydrogen-bond donors (Lipinski definition) is 1. The summed E-state index contributed by atoms with van der Waals surface area (Å²) in [7, 11) is 0. The van der Waals surface area contributed by atoms with Gasteiger partial charge in [0.05, 0.1) is 11.6 Å². The number of carbonyl (C=O) groups is 1. The fourth-order valence-corrected chi connectivity index (χ4v) is 3.83. The Morgan fingerprint density at radius 2 is 1.81 bits per heavy atom. The summed E-state index contributed by atoms with van der Waals surface area (Å²) in [5.41, 5.74) is 0.932. The molecule has 0 unspecified atom stereocenters. The Kier molecular flexibility index (Phi) is 4.80. The van der Waals surface area contributed by atoms with Crippen LogP contribution in [0.5, 0.6) is 0 Å². The quantitative estimate of drug-likeness (QED) is 0.650. The summed E-state index contributed by atoms with van der Waals surface area (Å²) in [5.74, 6) is -0.380. The highest BCUT2D eigenvalue weighted by Crippen LogP contribution is 2.47. The first-order valence-electron chi connectivity index (χ1n) is 9.02. The molecule has 0 fully saturated rings. The van der Waals surface area contributed by atoms with Crippen molar-refractivity contribution in [3.8, 4) is 0 Å². The SMILES string of the molecule is Cc1ccc(C)n1[C@@H]1C=C[C@@](C(=O)OCc2ccccc2)(C(C)(C)O)C1. The molecule has 0 amide bonds. The number of esters is 1. The van der Waals surface area contributed by atoms with Crippen LogP contribution in [0.15, 0.2) is 54.6 Å². The summed E-state index contributed by atoms with van der Waals surface area (Å²) in [6.07, 6.45) is 4.34. The zero-order chi connectivity index (χ0) is 18.9. The molecule has 0 saturated heterocycles. The second-order valence-electron chi connectivity index (χ2n) is 7.71. The number of nitrogens with zero attached hydrogens (tertiary/aromatic N) is 1. The third kappa shape index (κ3) is 3.21. The molecule has 2 aromatic rings. The van der Waals surface area contributed by atoms with Crippen molar-refractivity contribution in [3.05, 3.63) is 71.6 Å². The third-order valence-electron chi connectivity index (χ3n) is 5.46. The number of rotatable bonds is 5. The fourth-order valence-electron chi connectivity index (χ4n) is 3.83. The van der Waals surface area contributed by atoms with Crippen LogP contribution in [0.25, 0.3) is 0 Å². The van der Waals surface area contributed by atoms with Crippen molar-refractivity contribution in [2.75, 3.05) is 0 Å². The van der Waals surface area contributed by atoms with Crippen LogP contribution < -0.4 is 0 Å². The molecular formula is C22H27NO3. The van der Waals surface area contributed by atoms with Gasteiger partial charge < -0.3 is 14.4 Å². The fraction of sp³-hybridized carbons (Fsp3) is 0.409. The van der Waals surface area contributed by atoms with Crippen molar-refractivity contribution in [1.29, 1.82) is 0 Å². The van der Waals surface area contributed by atoms with Crippen LogP contribution >= 0.6 is 0 Å². The van der Waals surface area contributed by atoms with Gasteiger partial charge in [0.15, 0.2) is 0 Å². The minimum Gasteiger partial charge on any atom is -0.460 e. The normalized spacial score (nSPS) is 22.6. The van der Waals surface area contributed by atoms with Gasteiger partial charge in [-0.1, -0.05) is 42.5 Å². The van der Waals surface area contributed by atoms with Gasteiger partial charge in [0.25, 0.3) is 0 Å². The topological polar surface area (TPSA) is 51.5 Å². The van der Waals surface area contributed by atoms with Gasteiger partial charge in [-0.15, -0.1) is 0 Å². The number of benzene rings is 1. The van der Waals surface area contributed by atoms with E-state index >= 15 is 0 Å². The molecule has 0 radical (unpaired) electrons. The van der Waals surface area contributed by atoms with Crippen LogP contribution in [-0.4, -0.2) is 21.2 Å². The first-order chi connectivity index (χ1) is 12.2. The minimum absolute atomic E-state index is 0.0284. The summed E-state index contributed by atoms with van der Waals surface area (Å²) in [4.78, 5) is 13.0. The van der Waals surface area contributed by atoms with E-state index in [9.17, 15) is 9.90 Å². The number of aliphatic hydroxyl groups is 1. The van der Waals surface area contributed by atoms with Crippen molar-refractivity contribution in [2.45, 2.75) is 52.4 Å². The summed E-state index contributed by atoms with van der Waals surface area (Å²) >= 11 is 0. The average molecular weight is 353 g/mol. The summed E-state index contributed by atoms with van der Waals surface area (Å²) in [5, 5.41) is 10.8. The van der Waals surface area contributed by atoms with E-state index in [0.717, 1.165) is 17.0 Å². The van der Waals surface area contributed by atoms with Crippen molar-refractivity contribution in [3.63, 3.8) is 0 Å². The van der Waals surface area contributed by atoms with E-state index in [4.69, 9.17) is 4.74 Å². The molecule has 0 bridgehead atoms. The number of aryl methyl sites for hydroxylation is 2. The Labute approximate surface area is 155 Å². The first kappa shape index (κ1) is 18.5. The minimum atomic E-state index is -1.22. The van der Waals surface area contributed by atoms with Crippen LogP contribution in [0.4, 0.5) is 0 Å². The summed E-state index contributed by atoms with van der Waals surface area (Å²) in [6.45, 7) is 7.67. The second-order valence-corrected chi connectivity index (χ2v) is 7.71. The van der Waals surface area contributed by atoms with Crippen LogP contribution in [0.1, 0.15) is 43.3 Å². The Morgan fingerprint density at radius 3 is 2.38 bits per heavy atom. The Balaban J connectivity index is 1.83. The highest BCUT2D eigenvalue weighted by atomic mass is 16.5. The lowest BCUT2D eigenvalue weighted by Crippen LogP contribution is -2.48. The number of carbonyl (C=O) groups excluding carboxylic acids is 1. The maximum absolute atomic E-state index is 13.0. The van der Waals surface area contributed by atoms with Gasteiger partial charge in [-0.2, -0.15) is 0 Å². The van der Waals surface area contributed by atoms with E-state index in [2.05, 4.69) is 30.5 Å². The van der Waals surface area contributed by atoms with Crippen LogP contribution in [0.3, 0.4) is 0 Å². The zero-order valence-corrected chi connectivity index (χ0v) is 15.9. The van der Waals surface area contributed by atoms with Gasteiger partial charge in [-0.25, -0.2) is 0 Å². The molecule has 1 aliphatic carbocycles. The number of allylic oxidation sites excluding steroid dienone is 1. The Bertz CT molecular complexity index is 794. The van der Waals surface area contributed by atoms with Crippen LogP contribution in [0, 0.1) is 19.3 Å². The Morgan fingerprint density at radius 1 is 1.19 bits per heavy atom. The molecule has 2 atom stereocenters. The molecule has 1 aromatic carbocycles. The van der Waals surface area contributed by atoms with Gasteiger partial charge in [-0.05, 0) is 51.8 Å². The van der Waals surface area contributed by atoms with Crippen LogP contribution in [-0.2, 0) is 16.1 Å². The van der Waals surface area contributed by atoms with Gasteiger partial charge in [0.2, 0.25) is 0 Å². The van der Waals surface area contributed by atoms with Crippen LogP contribution in [0.2, 0.25) is 0 Å². The molecule has 1 aromatic heterocycles. The van der Waals surface area contributed by atoms with Crippen molar-refractivity contribution >= 4 is 5.97 Å². The molecule has 4 heteroatoms. The van der Waals surface area contributed by atoms with Gasteiger partial charge in [0, 0.05) is 11.4 Å². The van der Waals surface area contributed by atoms with Gasteiger partial charge in [0.1, 0.15) is 12.0 Å². The van der Waals surface area contributed by atoms with E-state index in [1.165, 1.54) is 0 Å². The molecule has 0 saturated carbocycles. The molecule has 0 aliphatic heterocycles. The van der Waals surface area contributed by atoms with E-state index in [0.29, 0.717) is 6.42 Å². The zero-order valence-electron chi connectivity index (χ0n) is 15.9. The second kappa shape index (κ2) is 6.76. The van der Waals surface area contributed by atoms with E-state index in [1.807, 2.05) is 42.5 Å². The summed E-state index contributed by atoms with van der Waals surface area (Å²) in [6, 6.07) is 13.8.